The summed E-state index contributed by atoms with van der Waals surface area (Å²) in [5.41, 5.74) is 2.75. The third-order valence-electron chi connectivity index (χ3n) is 6.17. The van der Waals surface area contributed by atoms with E-state index in [2.05, 4.69) is 5.32 Å². The fraction of sp³-hybridized carbons (Fsp3) is 0.333. The maximum Gasteiger partial charge on any atom is 0.411 e. The van der Waals surface area contributed by atoms with E-state index >= 15 is 0 Å². The van der Waals surface area contributed by atoms with Gasteiger partial charge in [0.2, 0.25) is 0 Å². The van der Waals surface area contributed by atoms with Crippen LogP contribution in [0.3, 0.4) is 0 Å². The van der Waals surface area contributed by atoms with Crippen molar-refractivity contribution in [2.24, 2.45) is 0 Å². The van der Waals surface area contributed by atoms with E-state index < -0.39 is 17.6 Å². The molecule has 1 aromatic heterocycles. The van der Waals surface area contributed by atoms with E-state index in [9.17, 15) is 14.7 Å². The molecule has 1 atom stereocenters. The summed E-state index contributed by atoms with van der Waals surface area (Å²) in [6.45, 7) is 2.03. The quantitative estimate of drug-likeness (QED) is 0.508. The third-order valence-corrected chi connectivity index (χ3v) is 6.17. The molecule has 4 rings (SSSR count). The van der Waals surface area contributed by atoms with Crippen LogP contribution in [-0.2, 0) is 24.2 Å². The second-order valence-electron chi connectivity index (χ2n) is 8.50. The van der Waals surface area contributed by atoms with Gasteiger partial charge in [-0.1, -0.05) is 62.2 Å². The fourth-order valence-electron chi connectivity index (χ4n) is 4.33. The molecule has 33 heavy (non-hydrogen) atoms. The molecule has 0 aliphatic heterocycles. The van der Waals surface area contributed by atoms with Gasteiger partial charge < -0.3 is 14.3 Å². The van der Waals surface area contributed by atoms with Crippen molar-refractivity contribution >= 4 is 11.8 Å². The van der Waals surface area contributed by atoms with Crippen LogP contribution < -0.4 is 10.9 Å². The van der Waals surface area contributed by atoms with E-state index in [1.54, 1.807) is 18.2 Å². The monoisotopic (exact) mass is 447 g/mol. The normalized spacial score (nSPS) is 14.5. The summed E-state index contributed by atoms with van der Waals surface area (Å²) >= 11 is 0. The van der Waals surface area contributed by atoms with Crippen LogP contribution in [0.1, 0.15) is 66.5 Å². The second kappa shape index (κ2) is 10.4. The largest absolute Gasteiger partial charge is 0.507 e. The molecule has 1 amide bonds. The van der Waals surface area contributed by atoms with Gasteiger partial charge in [-0.05, 0) is 42.5 Å². The fourth-order valence-corrected chi connectivity index (χ4v) is 4.33. The number of hydrogen-bond acceptors (Lipinski definition) is 5. The minimum atomic E-state index is -0.563. The molecule has 1 heterocycles. The van der Waals surface area contributed by atoms with E-state index in [4.69, 9.17) is 9.15 Å². The van der Waals surface area contributed by atoms with Gasteiger partial charge in [0.1, 0.15) is 18.1 Å². The lowest BCUT2D eigenvalue weighted by molar-refractivity contribution is 0.155. The number of fused-ring (bicyclic) bond motifs is 1. The van der Waals surface area contributed by atoms with Gasteiger partial charge in [0, 0.05) is 23.6 Å². The highest BCUT2D eigenvalue weighted by atomic mass is 16.5. The van der Waals surface area contributed by atoms with Crippen molar-refractivity contribution in [1.29, 1.82) is 0 Å². The second-order valence-corrected chi connectivity index (χ2v) is 8.50. The van der Waals surface area contributed by atoms with Crippen molar-refractivity contribution < 1.29 is 19.1 Å². The molecule has 0 saturated carbocycles. The van der Waals surface area contributed by atoms with Gasteiger partial charge in [-0.15, -0.1) is 0 Å². The SMILES string of the molecule is CC(c1cccc(NC(=O)OCc2ccccc2)c1)c1c(O)c2c(oc1=O)CCCCCC2. The Morgan fingerprint density at radius 3 is 2.61 bits per heavy atom. The topological polar surface area (TPSA) is 88.8 Å². The van der Waals surface area contributed by atoms with Gasteiger partial charge in [0.15, 0.2) is 0 Å². The highest BCUT2D eigenvalue weighted by Crippen LogP contribution is 2.35. The number of amides is 1. The predicted molar refractivity (Wildman–Crippen MR) is 127 cm³/mol. The standard InChI is InChI=1S/C27H29NO5/c1-18(24-25(29)22-14-7-2-3-8-15-23(22)33-26(24)30)20-12-9-13-21(16-20)28-27(31)32-17-19-10-5-4-6-11-19/h4-6,9-13,16,18,29H,2-3,7-8,14-15,17H2,1H3,(H,28,31). The summed E-state index contributed by atoms with van der Waals surface area (Å²) in [5.74, 6) is 0.264. The smallest absolute Gasteiger partial charge is 0.411 e. The minimum absolute atomic E-state index is 0.0521. The molecule has 0 saturated heterocycles. The Morgan fingerprint density at radius 1 is 1.06 bits per heavy atom. The van der Waals surface area contributed by atoms with Crippen molar-refractivity contribution in [2.45, 2.75) is 58.0 Å². The van der Waals surface area contributed by atoms with Crippen LogP contribution in [0.15, 0.2) is 63.8 Å². The van der Waals surface area contributed by atoms with Crippen molar-refractivity contribution in [3.05, 3.63) is 93.0 Å². The summed E-state index contributed by atoms with van der Waals surface area (Å²) in [7, 11) is 0. The first-order valence-electron chi connectivity index (χ1n) is 11.5. The predicted octanol–water partition coefficient (Wildman–Crippen LogP) is 5.90. The number of carbonyl (C=O) groups is 1. The third kappa shape index (κ3) is 5.45. The van der Waals surface area contributed by atoms with Gasteiger partial charge in [-0.2, -0.15) is 0 Å². The van der Waals surface area contributed by atoms with Crippen LogP contribution in [0.2, 0.25) is 0 Å². The Kier molecular flexibility index (Phi) is 7.13. The van der Waals surface area contributed by atoms with Gasteiger partial charge >= 0.3 is 11.7 Å². The lowest BCUT2D eigenvalue weighted by atomic mass is 9.89. The van der Waals surface area contributed by atoms with Crippen LogP contribution in [0.4, 0.5) is 10.5 Å². The van der Waals surface area contributed by atoms with Gasteiger partial charge in [0.25, 0.3) is 0 Å². The lowest BCUT2D eigenvalue weighted by Gasteiger charge is -2.19. The molecule has 1 aliphatic carbocycles. The number of ether oxygens (including phenoxy) is 1. The highest BCUT2D eigenvalue weighted by molar-refractivity contribution is 5.84. The number of aromatic hydroxyl groups is 1. The van der Waals surface area contributed by atoms with Gasteiger partial charge in [-0.25, -0.2) is 9.59 Å². The molecule has 0 fully saturated rings. The maximum atomic E-state index is 12.8. The van der Waals surface area contributed by atoms with E-state index in [-0.39, 0.29) is 17.9 Å². The average molecular weight is 448 g/mol. The van der Waals surface area contributed by atoms with Crippen LogP contribution in [0.25, 0.3) is 0 Å². The maximum absolute atomic E-state index is 12.8. The molecule has 1 aliphatic rings. The van der Waals surface area contributed by atoms with E-state index in [0.29, 0.717) is 24.3 Å². The summed E-state index contributed by atoms with van der Waals surface area (Å²) < 4.78 is 10.9. The first-order chi connectivity index (χ1) is 16.0. The molecular formula is C27H29NO5. The Labute approximate surface area is 193 Å². The zero-order chi connectivity index (χ0) is 23.2. The van der Waals surface area contributed by atoms with Crippen molar-refractivity contribution in [3.63, 3.8) is 0 Å². The average Bonchev–Trinajstić information content (AvgIpc) is 2.80. The van der Waals surface area contributed by atoms with Crippen molar-refractivity contribution in [3.8, 4) is 5.75 Å². The molecule has 1 unspecified atom stereocenters. The summed E-state index contributed by atoms with van der Waals surface area (Å²) in [6, 6.07) is 16.6. The number of aryl methyl sites for hydroxylation is 1. The first kappa shape index (κ1) is 22.6. The summed E-state index contributed by atoms with van der Waals surface area (Å²) in [4.78, 5) is 25.0. The number of hydrogen-bond donors (Lipinski definition) is 2. The molecule has 0 spiro atoms. The van der Waals surface area contributed by atoms with Crippen LogP contribution in [0, 0.1) is 0 Å². The zero-order valence-corrected chi connectivity index (χ0v) is 18.8. The molecule has 0 radical (unpaired) electrons. The highest BCUT2D eigenvalue weighted by Gasteiger charge is 2.25. The Balaban J connectivity index is 1.52. The zero-order valence-electron chi connectivity index (χ0n) is 18.8. The molecule has 2 N–H and O–H groups in total. The van der Waals surface area contributed by atoms with E-state index in [0.717, 1.165) is 42.4 Å². The van der Waals surface area contributed by atoms with E-state index in [1.807, 2.05) is 43.3 Å². The van der Waals surface area contributed by atoms with Crippen LogP contribution in [0.5, 0.6) is 5.75 Å². The summed E-state index contributed by atoms with van der Waals surface area (Å²) in [5, 5.41) is 13.7. The minimum Gasteiger partial charge on any atom is -0.507 e. The molecule has 172 valence electrons. The molecular weight excluding hydrogens is 418 g/mol. The number of carbonyl (C=O) groups excluding carboxylic acids is 1. The Bertz CT molecular complexity index is 1170. The summed E-state index contributed by atoms with van der Waals surface area (Å²) in [6.07, 6.45) is 4.96. The molecule has 6 nitrogen and oxygen atoms in total. The Hall–Kier alpha value is -3.54. The van der Waals surface area contributed by atoms with E-state index in [1.165, 1.54) is 0 Å². The molecule has 6 heteroatoms. The molecule has 3 aromatic rings. The first-order valence-corrected chi connectivity index (χ1v) is 11.5. The van der Waals surface area contributed by atoms with Crippen LogP contribution >= 0.6 is 0 Å². The number of nitrogens with one attached hydrogen (secondary N) is 1. The van der Waals surface area contributed by atoms with Crippen molar-refractivity contribution in [2.75, 3.05) is 5.32 Å². The number of benzene rings is 2. The number of anilines is 1. The Morgan fingerprint density at radius 2 is 1.82 bits per heavy atom. The van der Waals surface area contributed by atoms with Gasteiger partial charge in [0.05, 0.1) is 5.56 Å². The van der Waals surface area contributed by atoms with Crippen molar-refractivity contribution in [1.82, 2.24) is 0 Å². The molecule has 2 aromatic carbocycles. The number of rotatable bonds is 5. The lowest BCUT2D eigenvalue weighted by Crippen LogP contribution is -2.17. The molecule has 0 bridgehead atoms. The van der Waals surface area contributed by atoms with Crippen LogP contribution in [-0.4, -0.2) is 11.2 Å². The van der Waals surface area contributed by atoms with Gasteiger partial charge in [-0.3, -0.25) is 5.32 Å².